The fourth-order valence-corrected chi connectivity index (χ4v) is 2.03. The summed E-state index contributed by atoms with van der Waals surface area (Å²) in [6.45, 7) is 3.80. The Morgan fingerprint density at radius 3 is 2.58 bits per heavy atom. The number of benzene rings is 2. The number of carbonyl (C=O) groups is 1. The van der Waals surface area contributed by atoms with Gasteiger partial charge in [-0.2, -0.15) is 0 Å². The summed E-state index contributed by atoms with van der Waals surface area (Å²) in [6, 6.07) is 10.7. The Morgan fingerprint density at radius 1 is 1.16 bits per heavy atom. The highest BCUT2D eigenvalue weighted by Crippen LogP contribution is 2.24. The van der Waals surface area contributed by atoms with E-state index in [4.69, 9.17) is 17.3 Å². The van der Waals surface area contributed by atoms with Crippen molar-refractivity contribution in [3.05, 3.63) is 58.1 Å². The van der Waals surface area contributed by atoms with E-state index in [0.717, 1.165) is 11.1 Å². The minimum atomic E-state index is -0.190. The van der Waals surface area contributed by atoms with E-state index in [0.29, 0.717) is 22.0 Å². The monoisotopic (exact) mass is 274 g/mol. The van der Waals surface area contributed by atoms with E-state index in [2.05, 4.69) is 5.32 Å². The van der Waals surface area contributed by atoms with Crippen molar-refractivity contribution in [2.75, 3.05) is 11.1 Å². The first-order valence-electron chi connectivity index (χ1n) is 5.91. The van der Waals surface area contributed by atoms with Crippen LogP contribution in [0.15, 0.2) is 36.4 Å². The van der Waals surface area contributed by atoms with E-state index in [1.54, 1.807) is 24.3 Å². The molecular formula is C15H15ClN2O. The fraction of sp³-hybridized carbons (Fsp3) is 0.133. The summed E-state index contributed by atoms with van der Waals surface area (Å²) in [5, 5.41) is 3.34. The van der Waals surface area contributed by atoms with E-state index >= 15 is 0 Å². The van der Waals surface area contributed by atoms with Crippen LogP contribution in [0.3, 0.4) is 0 Å². The lowest BCUT2D eigenvalue weighted by Gasteiger charge is -2.10. The van der Waals surface area contributed by atoms with Crippen LogP contribution in [0.4, 0.5) is 11.4 Å². The number of nitrogens with one attached hydrogen (secondary N) is 1. The van der Waals surface area contributed by atoms with Gasteiger partial charge in [0.25, 0.3) is 5.91 Å². The fourth-order valence-electron chi connectivity index (χ4n) is 1.87. The van der Waals surface area contributed by atoms with Crippen molar-refractivity contribution in [2.24, 2.45) is 0 Å². The molecule has 19 heavy (non-hydrogen) atoms. The molecule has 0 unspecified atom stereocenters. The molecule has 3 nitrogen and oxygen atoms in total. The molecule has 0 aliphatic carbocycles. The second-order valence-electron chi connectivity index (χ2n) is 4.51. The number of nitrogens with two attached hydrogens (primary N) is 1. The minimum Gasteiger partial charge on any atom is -0.399 e. The number of anilines is 2. The van der Waals surface area contributed by atoms with Gasteiger partial charge in [-0.3, -0.25) is 4.79 Å². The van der Waals surface area contributed by atoms with Gasteiger partial charge in [-0.15, -0.1) is 0 Å². The van der Waals surface area contributed by atoms with Gasteiger partial charge in [0.2, 0.25) is 0 Å². The standard InChI is InChI=1S/C15H15ClN2O/c1-9-3-6-13(16)14(7-9)18-15(19)12-5-4-11(17)8-10(12)2/h3-8H,17H2,1-2H3,(H,18,19). The highest BCUT2D eigenvalue weighted by atomic mass is 35.5. The van der Waals surface area contributed by atoms with Gasteiger partial charge >= 0.3 is 0 Å². The van der Waals surface area contributed by atoms with E-state index in [1.807, 2.05) is 26.0 Å². The quantitative estimate of drug-likeness (QED) is 0.819. The molecule has 0 saturated carbocycles. The van der Waals surface area contributed by atoms with Crippen LogP contribution < -0.4 is 11.1 Å². The van der Waals surface area contributed by atoms with Crippen LogP contribution in [0.5, 0.6) is 0 Å². The van der Waals surface area contributed by atoms with Crippen molar-refractivity contribution < 1.29 is 4.79 Å². The first-order chi connectivity index (χ1) is 8.97. The Balaban J connectivity index is 2.28. The normalized spacial score (nSPS) is 10.3. The van der Waals surface area contributed by atoms with Gasteiger partial charge in [-0.05, 0) is 55.3 Å². The third-order valence-corrected chi connectivity index (χ3v) is 3.19. The summed E-state index contributed by atoms with van der Waals surface area (Å²) in [5.74, 6) is -0.190. The van der Waals surface area contributed by atoms with Crippen LogP contribution in [0.25, 0.3) is 0 Å². The number of aryl methyl sites for hydroxylation is 2. The summed E-state index contributed by atoms with van der Waals surface area (Å²) in [4.78, 5) is 12.2. The molecule has 4 heteroatoms. The number of amides is 1. The summed E-state index contributed by atoms with van der Waals surface area (Å²) in [7, 11) is 0. The van der Waals surface area contributed by atoms with E-state index < -0.39 is 0 Å². The van der Waals surface area contributed by atoms with Gasteiger partial charge in [0, 0.05) is 11.3 Å². The summed E-state index contributed by atoms with van der Waals surface area (Å²) < 4.78 is 0. The van der Waals surface area contributed by atoms with Gasteiger partial charge in [0.1, 0.15) is 0 Å². The Kier molecular flexibility index (Phi) is 3.76. The number of carbonyl (C=O) groups excluding carboxylic acids is 1. The van der Waals surface area contributed by atoms with Crippen molar-refractivity contribution >= 4 is 28.9 Å². The molecule has 0 radical (unpaired) electrons. The van der Waals surface area contributed by atoms with Crippen molar-refractivity contribution in [1.82, 2.24) is 0 Å². The molecule has 0 aromatic heterocycles. The van der Waals surface area contributed by atoms with Crippen LogP contribution in [-0.4, -0.2) is 5.91 Å². The Labute approximate surface area is 117 Å². The van der Waals surface area contributed by atoms with Crippen molar-refractivity contribution in [1.29, 1.82) is 0 Å². The zero-order valence-electron chi connectivity index (χ0n) is 10.8. The van der Waals surface area contributed by atoms with Crippen LogP contribution >= 0.6 is 11.6 Å². The summed E-state index contributed by atoms with van der Waals surface area (Å²) in [6.07, 6.45) is 0. The van der Waals surface area contributed by atoms with E-state index in [1.165, 1.54) is 0 Å². The summed E-state index contributed by atoms with van der Waals surface area (Å²) in [5.41, 5.74) is 9.39. The van der Waals surface area contributed by atoms with Gasteiger partial charge in [-0.1, -0.05) is 17.7 Å². The highest BCUT2D eigenvalue weighted by Gasteiger charge is 2.11. The molecule has 0 atom stereocenters. The van der Waals surface area contributed by atoms with Gasteiger partial charge in [0.15, 0.2) is 0 Å². The molecular weight excluding hydrogens is 260 g/mol. The lowest BCUT2D eigenvalue weighted by Crippen LogP contribution is -2.14. The number of hydrogen-bond donors (Lipinski definition) is 2. The SMILES string of the molecule is Cc1ccc(Cl)c(NC(=O)c2ccc(N)cc2C)c1. The molecule has 1 amide bonds. The van der Waals surface area contributed by atoms with Crippen molar-refractivity contribution in [3.63, 3.8) is 0 Å². The second kappa shape index (κ2) is 5.33. The molecule has 2 aromatic carbocycles. The second-order valence-corrected chi connectivity index (χ2v) is 4.92. The predicted octanol–water partition coefficient (Wildman–Crippen LogP) is 3.79. The molecule has 0 aliphatic rings. The molecule has 0 aliphatic heterocycles. The zero-order chi connectivity index (χ0) is 14.0. The number of halogens is 1. The smallest absolute Gasteiger partial charge is 0.255 e. The maximum atomic E-state index is 12.2. The molecule has 3 N–H and O–H groups in total. The topological polar surface area (TPSA) is 55.1 Å². The van der Waals surface area contributed by atoms with Crippen LogP contribution in [0.1, 0.15) is 21.5 Å². The molecule has 2 rings (SSSR count). The molecule has 2 aromatic rings. The first kappa shape index (κ1) is 13.4. The number of rotatable bonds is 2. The van der Waals surface area contributed by atoms with Crippen LogP contribution in [-0.2, 0) is 0 Å². The van der Waals surface area contributed by atoms with E-state index in [9.17, 15) is 4.79 Å². The lowest BCUT2D eigenvalue weighted by atomic mass is 10.1. The van der Waals surface area contributed by atoms with Crippen molar-refractivity contribution in [2.45, 2.75) is 13.8 Å². The molecule has 0 saturated heterocycles. The molecule has 0 bridgehead atoms. The average Bonchev–Trinajstić information content (AvgIpc) is 2.33. The Bertz CT molecular complexity index is 638. The summed E-state index contributed by atoms with van der Waals surface area (Å²) >= 11 is 6.06. The van der Waals surface area contributed by atoms with Gasteiger partial charge in [0.05, 0.1) is 10.7 Å². The van der Waals surface area contributed by atoms with Crippen molar-refractivity contribution in [3.8, 4) is 0 Å². The van der Waals surface area contributed by atoms with Gasteiger partial charge < -0.3 is 11.1 Å². The Morgan fingerprint density at radius 2 is 1.89 bits per heavy atom. The van der Waals surface area contributed by atoms with Crippen LogP contribution in [0.2, 0.25) is 5.02 Å². The van der Waals surface area contributed by atoms with Gasteiger partial charge in [-0.25, -0.2) is 0 Å². The maximum absolute atomic E-state index is 12.2. The minimum absolute atomic E-state index is 0.190. The average molecular weight is 275 g/mol. The third kappa shape index (κ3) is 3.06. The lowest BCUT2D eigenvalue weighted by molar-refractivity contribution is 0.102. The highest BCUT2D eigenvalue weighted by molar-refractivity contribution is 6.34. The molecule has 0 fully saturated rings. The number of nitrogen functional groups attached to an aromatic ring is 1. The Hall–Kier alpha value is -2.00. The molecule has 0 heterocycles. The van der Waals surface area contributed by atoms with E-state index in [-0.39, 0.29) is 5.91 Å². The third-order valence-electron chi connectivity index (χ3n) is 2.87. The first-order valence-corrected chi connectivity index (χ1v) is 6.29. The maximum Gasteiger partial charge on any atom is 0.255 e. The number of hydrogen-bond acceptors (Lipinski definition) is 2. The zero-order valence-corrected chi connectivity index (χ0v) is 11.6. The predicted molar refractivity (Wildman–Crippen MR) is 79.7 cm³/mol. The largest absolute Gasteiger partial charge is 0.399 e. The molecule has 98 valence electrons. The molecule has 0 spiro atoms. The van der Waals surface area contributed by atoms with Crippen LogP contribution in [0, 0.1) is 13.8 Å².